The number of benzene rings is 1. The van der Waals surface area contributed by atoms with Gasteiger partial charge in [0.2, 0.25) is 11.9 Å². The third kappa shape index (κ3) is 29.7. The van der Waals surface area contributed by atoms with E-state index in [4.69, 9.17) is 30.0 Å². The normalized spacial score (nSPS) is 13.1. The molecule has 23 heteroatoms. The number of ether oxygens (including phenoxy) is 2. The third-order valence-corrected chi connectivity index (χ3v) is 13.7. The maximum Gasteiger partial charge on any atom is 0.472 e. The highest BCUT2D eigenvalue weighted by atomic mass is 31.2. The zero-order valence-electron chi connectivity index (χ0n) is 46.5. The largest absolute Gasteiger partial charge is 0.481 e. The number of aromatic nitrogens is 4. The van der Waals surface area contributed by atoms with E-state index in [-0.39, 0.29) is 68.4 Å². The van der Waals surface area contributed by atoms with Crippen molar-refractivity contribution in [3.8, 4) is 0 Å². The van der Waals surface area contributed by atoms with Gasteiger partial charge in [-0.3, -0.25) is 33.0 Å². The summed E-state index contributed by atoms with van der Waals surface area (Å²) in [4.78, 5) is 92.4. The molecule has 77 heavy (non-hydrogen) atoms. The summed E-state index contributed by atoms with van der Waals surface area (Å²) < 4.78 is 34.4. The number of fused-ring (bicyclic) bond motifs is 1. The van der Waals surface area contributed by atoms with Gasteiger partial charge in [0.15, 0.2) is 23.1 Å². The fourth-order valence-corrected chi connectivity index (χ4v) is 8.94. The van der Waals surface area contributed by atoms with Crippen molar-refractivity contribution < 1.29 is 61.5 Å². The van der Waals surface area contributed by atoms with Gasteiger partial charge in [0.25, 0.3) is 5.91 Å². The fourth-order valence-electron chi connectivity index (χ4n) is 8.20. The van der Waals surface area contributed by atoms with Crippen molar-refractivity contribution in [1.82, 2.24) is 30.6 Å². The molecule has 0 aliphatic rings. The minimum atomic E-state index is -4.49. The standard InChI is InChI=1S/C54H89N10O12P/c1-6-7-8-9-10-11-12-13-14-15-16-17-18-20-23-26-47(67)73-39-44(40-75-77(71,72)74-36-35-64(3,4)5)76-48(68)27-24-21-19-22-25-34-57-53(70)45(32-33-46(65)66)60-52(69)41-28-30-43(31-29-41)63(2)38-42-37-58-51-49(59-42)50(55)61-54(56)62-51/h28-31,37,44-45H,6-27,32-36,38-40H2,1-5H3,(H7-,55,56,57,58,60,61,62,65,66,69,70,71,72)/p+1/t44?,45-/m1/s1. The number of amides is 2. The smallest absolute Gasteiger partial charge is 0.472 e. The van der Waals surface area contributed by atoms with Crippen molar-refractivity contribution in [3.63, 3.8) is 0 Å². The van der Waals surface area contributed by atoms with Crippen LogP contribution in [0.25, 0.3) is 11.2 Å². The molecule has 432 valence electrons. The lowest BCUT2D eigenvalue weighted by molar-refractivity contribution is -0.870. The van der Waals surface area contributed by atoms with Crippen LogP contribution < -0.4 is 27.0 Å². The van der Waals surface area contributed by atoms with Crippen LogP contribution in [0, 0.1) is 0 Å². The highest BCUT2D eigenvalue weighted by molar-refractivity contribution is 7.47. The van der Waals surface area contributed by atoms with E-state index in [1.54, 1.807) is 30.5 Å². The summed E-state index contributed by atoms with van der Waals surface area (Å²) in [6, 6.07) is 5.57. The van der Waals surface area contributed by atoms with Gasteiger partial charge in [0.1, 0.15) is 25.8 Å². The molecule has 2 heterocycles. The molecule has 0 saturated heterocycles. The van der Waals surface area contributed by atoms with E-state index in [9.17, 15) is 38.5 Å². The Balaban J connectivity index is 1.37. The van der Waals surface area contributed by atoms with Gasteiger partial charge in [-0.05, 0) is 49.9 Å². The Bertz CT molecular complexity index is 2290. The average Bonchev–Trinajstić information content (AvgIpc) is 3.37. The van der Waals surface area contributed by atoms with E-state index in [1.807, 2.05) is 33.1 Å². The highest BCUT2D eigenvalue weighted by Gasteiger charge is 2.27. The molecule has 0 aliphatic heterocycles. The topological polar surface area (TPSA) is 311 Å². The monoisotopic (exact) mass is 1100 g/mol. The lowest BCUT2D eigenvalue weighted by atomic mass is 10.0. The molecular weight excluding hydrogens is 1010 g/mol. The van der Waals surface area contributed by atoms with E-state index in [0.29, 0.717) is 60.9 Å². The number of hydrogen-bond donors (Lipinski definition) is 6. The second kappa shape index (κ2) is 36.5. The van der Waals surface area contributed by atoms with Gasteiger partial charge in [-0.15, -0.1) is 0 Å². The van der Waals surface area contributed by atoms with E-state index in [2.05, 4.69) is 37.5 Å². The van der Waals surface area contributed by atoms with Crippen LogP contribution in [-0.2, 0) is 48.8 Å². The summed E-state index contributed by atoms with van der Waals surface area (Å²) in [5, 5.41) is 14.8. The Labute approximate surface area is 455 Å². The van der Waals surface area contributed by atoms with Crippen LogP contribution in [0.2, 0.25) is 0 Å². The molecule has 0 radical (unpaired) electrons. The van der Waals surface area contributed by atoms with Crippen molar-refractivity contribution in [2.75, 3.05) is 77.5 Å². The Morgan fingerprint density at radius 3 is 1.90 bits per heavy atom. The molecule has 3 atom stereocenters. The molecule has 0 saturated carbocycles. The number of nitrogens with one attached hydrogen (secondary N) is 2. The van der Waals surface area contributed by atoms with E-state index in [0.717, 1.165) is 31.4 Å². The summed E-state index contributed by atoms with van der Waals surface area (Å²) >= 11 is 0. The number of likely N-dealkylation sites (N-methyl/N-ethyl adjacent to an activating group) is 1. The van der Waals surface area contributed by atoms with Gasteiger partial charge >= 0.3 is 25.7 Å². The number of esters is 2. The van der Waals surface area contributed by atoms with Crippen LogP contribution in [0.3, 0.4) is 0 Å². The van der Waals surface area contributed by atoms with E-state index in [1.165, 1.54) is 70.6 Å². The zero-order valence-corrected chi connectivity index (χ0v) is 47.4. The predicted molar refractivity (Wildman–Crippen MR) is 296 cm³/mol. The number of anilines is 3. The number of unbranched alkanes of at least 4 members (excludes halogenated alkanes) is 18. The second-order valence-corrected chi connectivity index (χ2v) is 22.2. The predicted octanol–water partition coefficient (Wildman–Crippen LogP) is 8.20. The quantitative estimate of drug-likeness (QED) is 0.0135. The molecule has 3 rings (SSSR count). The second-order valence-electron chi connectivity index (χ2n) is 20.8. The minimum absolute atomic E-state index is 0.000681. The number of carboxylic acids is 1. The Kier molecular flexibility index (Phi) is 31.2. The lowest BCUT2D eigenvalue weighted by Crippen LogP contribution is -2.47. The number of carbonyl (C=O) groups is 5. The molecule has 0 bridgehead atoms. The van der Waals surface area contributed by atoms with Crippen molar-refractivity contribution >= 4 is 66.2 Å². The maximum atomic E-state index is 13.3. The third-order valence-electron chi connectivity index (χ3n) is 12.7. The molecule has 22 nitrogen and oxygen atoms in total. The van der Waals surface area contributed by atoms with Gasteiger partial charge < -0.3 is 51.0 Å². The first-order chi connectivity index (χ1) is 36.7. The first kappa shape index (κ1) is 65.7. The summed E-state index contributed by atoms with van der Waals surface area (Å²) in [5.41, 5.74) is 13.8. The van der Waals surface area contributed by atoms with Crippen LogP contribution in [0.4, 0.5) is 17.5 Å². The van der Waals surface area contributed by atoms with Crippen molar-refractivity contribution in [1.29, 1.82) is 0 Å². The number of hydrogen-bond acceptors (Lipinski definition) is 17. The number of carboxylic acid groups (broad SMARTS) is 1. The average molecular weight is 1100 g/mol. The van der Waals surface area contributed by atoms with Crippen LogP contribution in [-0.4, -0.2) is 137 Å². The van der Waals surface area contributed by atoms with Crippen LogP contribution in [0.1, 0.15) is 177 Å². The summed E-state index contributed by atoms with van der Waals surface area (Å²) in [6.45, 7) is 2.43. The Morgan fingerprint density at radius 1 is 0.740 bits per heavy atom. The number of nitrogens with two attached hydrogens (primary N) is 2. The molecule has 0 fully saturated rings. The minimum Gasteiger partial charge on any atom is -0.481 e. The van der Waals surface area contributed by atoms with Crippen LogP contribution in [0.5, 0.6) is 0 Å². The van der Waals surface area contributed by atoms with Crippen LogP contribution >= 0.6 is 7.82 Å². The summed E-state index contributed by atoms with van der Waals surface area (Å²) in [6.07, 6.45) is 21.6. The number of phosphoric ester groups is 1. The molecular formula is C54H90N10O12P+. The number of quaternary nitrogens is 1. The Morgan fingerprint density at radius 2 is 1.31 bits per heavy atom. The number of nitrogens with zero attached hydrogens (tertiary/aromatic N) is 6. The van der Waals surface area contributed by atoms with Gasteiger partial charge in [0.05, 0.1) is 46.2 Å². The van der Waals surface area contributed by atoms with Gasteiger partial charge in [0, 0.05) is 44.1 Å². The molecule has 2 aromatic heterocycles. The SMILES string of the molecule is CCCCCCCCCCCCCCCCCC(=O)OCC(COP(=O)(O)OCC[N+](C)(C)C)OC(=O)CCCCCCCNC(=O)[C@@H](CCC(=O)O)NC(=O)c1ccc(N(C)Cc2cnc3nc(N)nc(N)c3n2)cc1. The zero-order chi connectivity index (χ0) is 56.5. The summed E-state index contributed by atoms with van der Waals surface area (Å²) in [7, 11) is 3.07. The number of nitrogen functional groups attached to an aromatic ring is 2. The number of phosphoric acid groups is 1. The Hall–Kier alpha value is -5.54. The number of aliphatic carboxylic acids is 1. The van der Waals surface area contributed by atoms with Gasteiger partial charge in [-0.1, -0.05) is 116 Å². The van der Waals surface area contributed by atoms with E-state index < -0.39 is 56.3 Å². The summed E-state index contributed by atoms with van der Waals surface area (Å²) in [5.74, 6) is -3.07. The molecule has 0 spiro atoms. The van der Waals surface area contributed by atoms with Crippen LogP contribution in [0.15, 0.2) is 30.5 Å². The number of carbonyl (C=O) groups excluding carboxylic acids is 4. The first-order valence-corrected chi connectivity index (χ1v) is 29.2. The molecule has 2 amide bonds. The first-order valence-electron chi connectivity index (χ1n) is 27.7. The molecule has 8 N–H and O–H groups in total. The van der Waals surface area contributed by atoms with Gasteiger partial charge in [-0.2, -0.15) is 9.97 Å². The van der Waals surface area contributed by atoms with Crippen molar-refractivity contribution in [2.45, 2.75) is 180 Å². The molecule has 2 unspecified atom stereocenters. The molecule has 1 aromatic carbocycles. The number of rotatable bonds is 43. The van der Waals surface area contributed by atoms with Crippen molar-refractivity contribution in [3.05, 3.63) is 41.7 Å². The molecule has 3 aromatic rings. The fraction of sp³-hybridized carbons (Fsp3) is 0.685. The van der Waals surface area contributed by atoms with Crippen molar-refractivity contribution in [2.24, 2.45) is 0 Å². The molecule has 0 aliphatic carbocycles. The maximum absolute atomic E-state index is 13.3. The highest BCUT2D eigenvalue weighted by Crippen LogP contribution is 2.43. The van der Waals surface area contributed by atoms with E-state index >= 15 is 0 Å². The van der Waals surface area contributed by atoms with Gasteiger partial charge in [-0.25, -0.2) is 14.5 Å². The lowest BCUT2D eigenvalue weighted by Gasteiger charge is -2.24.